The number of nitrogens with one attached hydrogen (secondary N) is 2. The molecular weight excluding hydrogens is 342 g/mol. The van der Waals surface area contributed by atoms with Crippen LogP contribution in [0.15, 0.2) is 24.4 Å². The normalized spacial score (nSPS) is 16.7. The zero-order valence-electron chi connectivity index (χ0n) is 16.8. The number of hydrogen-bond donors (Lipinski definition) is 2. The van der Waals surface area contributed by atoms with E-state index in [0.29, 0.717) is 0 Å². The molecule has 1 saturated heterocycles. The average molecular weight is 374 g/mol. The number of morpholine rings is 1. The lowest BCUT2D eigenvalue weighted by Crippen LogP contribution is -2.38. The van der Waals surface area contributed by atoms with Crippen molar-refractivity contribution >= 4 is 16.9 Å². The molecule has 2 aromatic rings. The van der Waals surface area contributed by atoms with Crippen LogP contribution in [0.2, 0.25) is 0 Å². The van der Waals surface area contributed by atoms with Crippen molar-refractivity contribution in [2.75, 3.05) is 38.2 Å². The lowest BCUT2D eigenvalue weighted by atomic mass is 10.1. The third-order valence-corrected chi connectivity index (χ3v) is 4.34. The van der Waals surface area contributed by atoms with E-state index < -0.39 is 0 Å². The Balaban J connectivity index is 1.75. The van der Waals surface area contributed by atoms with Crippen LogP contribution in [0.4, 0.5) is 5.82 Å². The standard InChI is InChI=1S/C19H31N7O/c1-5-6-16(24-19(2,3)4)23-17-15-13-22-26(18(15)21-14-20-17)8-7-25-9-11-27-12-10-25/h6,13-14,24H,5,7-12H2,1-4H3,(H,20,21,23)/b16-6-. The van der Waals surface area contributed by atoms with Crippen LogP contribution >= 0.6 is 0 Å². The van der Waals surface area contributed by atoms with Gasteiger partial charge < -0.3 is 15.4 Å². The number of aromatic nitrogens is 4. The summed E-state index contributed by atoms with van der Waals surface area (Å²) in [6.45, 7) is 13.8. The zero-order chi connectivity index (χ0) is 19.3. The number of anilines is 1. The maximum atomic E-state index is 5.41. The predicted octanol–water partition coefficient (Wildman–Crippen LogP) is 2.21. The van der Waals surface area contributed by atoms with Gasteiger partial charge in [-0.15, -0.1) is 0 Å². The number of fused-ring (bicyclic) bond motifs is 1. The van der Waals surface area contributed by atoms with Crippen LogP contribution in [0, 0.1) is 0 Å². The van der Waals surface area contributed by atoms with Crippen molar-refractivity contribution in [3.05, 3.63) is 24.4 Å². The third kappa shape index (κ3) is 5.40. The monoisotopic (exact) mass is 373 g/mol. The first-order chi connectivity index (χ1) is 13.0. The van der Waals surface area contributed by atoms with Crippen molar-refractivity contribution in [1.29, 1.82) is 0 Å². The fraction of sp³-hybridized carbons (Fsp3) is 0.632. The SMILES string of the molecule is CC/C=C(/Nc1ncnc2c1cnn2CCN1CCOCC1)NC(C)(C)C. The van der Waals surface area contributed by atoms with Gasteiger partial charge in [0, 0.05) is 25.2 Å². The summed E-state index contributed by atoms with van der Waals surface area (Å²) >= 11 is 0. The summed E-state index contributed by atoms with van der Waals surface area (Å²) in [6, 6.07) is 0. The van der Waals surface area contributed by atoms with Gasteiger partial charge in [-0.25, -0.2) is 14.6 Å². The summed E-state index contributed by atoms with van der Waals surface area (Å²) in [7, 11) is 0. The summed E-state index contributed by atoms with van der Waals surface area (Å²) < 4.78 is 7.37. The van der Waals surface area contributed by atoms with Crippen molar-refractivity contribution < 1.29 is 4.74 Å². The lowest BCUT2D eigenvalue weighted by molar-refractivity contribution is 0.0361. The number of nitrogens with zero attached hydrogens (tertiary/aromatic N) is 5. The number of rotatable bonds is 7. The van der Waals surface area contributed by atoms with Gasteiger partial charge in [0.15, 0.2) is 5.65 Å². The molecule has 2 aromatic heterocycles. The molecule has 8 nitrogen and oxygen atoms in total. The Labute approximate surface area is 161 Å². The van der Waals surface area contributed by atoms with Crippen LogP contribution in [0.25, 0.3) is 11.0 Å². The van der Waals surface area contributed by atoms with Gasteiger partial charge in [0.25, 0.3) is 0 Å². The molecule has 0 unspecified atom stereocenters. The number of allylic oxidation sites excluding steroid dienone is 1. The van der Waals surface area contributed by atoms with E-state index in [9.17, 15) is 0 Å². The molecule has 3 rings (SSSR count). The number of ether oxygens (including phenoxy) is 1. The first-order valence-electron chi connectivity index (χ1n) is 9.68. The van der Waals surface area contributed by atoms with Gasteiger partial charge in [-0.3, -0.25) is 4.90 Å². The van der Waals surface area contributed by atoms with E-state index in [2.05, 4.69) is 64.4 Å². The molecule has 1 aliphatic heterocycles. The van der Waals surface area contributed by atoms with Gasteiger partial charge in [0.2, 0.25) is 0 Å². The summed E-state index contributed by atoms with van der Waals surface area (Å²) in [4.78, 5) is 11.3. The minimum Gasteiger partial charge on any atom is -0.379 e. The predicted molar refractivity (Wildman–Crippen MR) is 107 cm³/mol. The molecule has 0 saturated carbocycles. The second kappa shape index (κ2) is 8.67. The second-order valence-electron chi connectivity index (χ2n) is 7.81. The van der Waals surface area contributed by atoms with Gasteiger partial charge in [0.05, 0.1) is 31.3 Å². The van der Waals surface area contributed by atoms with E-state index in [0.717, 1.165) is 68.5 Å². The molecule has 8 heteroatoms. The summed E-state index contributed by atoms with van der Waals surface area (Å²) in [6.07, 6.45) is 6.50. The molecule has 3 heterocycles. The topological polar surface area (TPSA) is 80.1 Å². The number of hydrogen-bond acceptors (Lipinski definition) is 7. The summed E-state index contributed by atoms with van der Waals surface area (Å²) in [5.41, 5.74) is 0.815. The fourth-order valence-corrected chi connectivity index (χ4v) is 3.09. The quantitative estimate of drug-likeness (QED) is 0.770. The van der Waals surface area contributed by atoms with Crippen molar-refractivity contribution in [2.45, 2.75) is 46.2 Å². The molecule has 0 spiro atoms. The molecule has 1 fully saturated rings. The van der Waals surface area contributed by atoms with E-state index in [1.54, 1.807) is 6.33 Å². The molecule has 148 valence electrons. The highest BCUT2D eigenvalue weighted by molar-refractivity contribution is 5.86. The van der Waals surface area contributed by atoms with E-state index in [1.165, 1.54) is 0 Å². The van der Waals surface area contributed by atoms with Crippen LogP contribution in [-0.4, -0.2) is 63.0 Å². The largest absolute Gasteiger partial charge is 0.379 e. The van der Waals surface area contributed by atoms with Crippen molar-refractivity contribution in [2.24, 2.45) is 0 Å². The highest BCUT2D eigenvalue weighted by atomic mass is 16.5. The molecule has 0 amide bonds. The van der Waals surface area contributed by atoms with Crippen LogP contribution in [0.5, 0.6) is 0 Å². The van der Waals surface area contributed by atoms with Gasteiger partial charge in [-0.2, -0.15) is 5.10 Å². The Bertz CT molecular complexity index is 772. The minimum absolute atomic E-state index is 0.0392. The maximum Gasteiger partial charge on any atom is 0.163 e. The Morgan fingerprint density at radius 3 is 2.70 bits per heavy atom. The van der Waals surface area contributed by atoms with Crippen molar-refractivity contribution in [1.82, 2.24) is 30.0 Å². The Morgan fingerprint density at radius 1 is 1.22 bits per heavy atom. The first-order valence-corrected chi connectivity index (χ1v) is 9.68. The average Bonchev–Trinajstić information content (AvgIpc) is 3.04. The summed E-state index contributed by atoms with van der Waals surface area (Å²) in [5.74, 6) is 1.72. The van der Waals surface area contributed by atoms with E-state index in [4.69, 9.17) is 4.74 Å². The lowest BCUT2D eigenvalue weighted by Gasteiger charge is -2.26. The Morgan fingerprint density at radius 2 is 2.00 bits per heavy atom. The van der Waals surface area contributed by atoms with E-state index in [-0.39, 0.29) is 5.54 Å². The highest BCUT2D eigenvalue weighted by Gasteiger charge is 2.15. The van der Waals surface area contributed by atoms with E-state index >= 15 is 0 Å². The smallest absolute Gasteiger partial charge is 0.163 e. The van der Waals surface area contributed by atoms with Crippen molar-refractivity contribution in [3.63, 3.8) is 0 Å². The molecule has 0 radical (unpaired) electrons. The Kier molecular flexibility index (Phi) is 6.28. The third-order valence-electron chi connectivity index (χ3n) is 4.34. The molecule has 0 aromatic carbocycles. The molecule has 0 bridgehead atoms. The molecule has 1 aliphatic rings. The first kappa shape index (κ1) is 19.6. The van der Waals surface area contributed by atoms with Gasteiger partial charge in [-0.05, 0) is 33.3 Å². The van der Waals surface area contributed by atoms with Gasteiger partial charge >= 0.3 is 0 Å². The molecular formula is C19H31N7O. The minimum atomic E-state index is -0.0392. The van der Waals surface area contributed by atoms with E-state index in [1.807, 2.05) is 10.9 Å². The second-order valence-corrected chi connectivity index (χ2v) is 7.81. The fourth-order valence-electron chi connectivity index (χ4n) is 3.09. The van der Waals surface area contributed by atoms with Crippen LogP contribution in [0.1, 0.15) is 34.1 Å². The molecule has 2 N–H and O–H groups in total. The Hall–Kier alpha value is -2.19. The van der Waals surface area contributed by atoms with Crippen LogP contribution in [-0.2, 0) is 11.3 Å². The highest BCUT2D eigenvalue weighted by Crippen LogP contribution is 2.20. The van der Waals surface area contributed by atoms with Crippen LogP contribution < -0.4 is 10.6 Å². The van der Waals surface area contributed by atoms with Crippen molar-refractivity contribution in [3.8, 4) is 0 Å². The van der Waals surface area contributed by atoms with Gasteiger partial charge in [0.1, 0.15) is 18.0 Å². The molecule has 0 aliphatic carbocycles. The zero-order valence-corrected chi connectivity index (χ0v) is 16.8. The molecule has 0 atom stereocenters. The van der Waals surface area contributed by atoms with Crippen LogP contribution in [0.3, 0.4) is 0 Å². The van der Waals surface area contributed by atoms with Gasteiger partial charge in [-0.1, -0.05) is 6.92 Å². The maximum absolute atomic E-state index is 5.41. The molecule has 27 heavy (non-hydrogen) atoms. The summed E-state index contributed by atoms with van der Waals surface area (Å²) in [5, 5.41) is 12.4.